The minimum atomic E-state index is -0.584. The van der Waals surface area contributed by atoms with Crippen LogP contribution in [-0.2, 0) is 9.59 Å². The lowest BCUT2D eigenvalue weighted by Gasteiger charge is -2.13. The number of amides is 2. The molecule has 1 unspecified atom stereocenters. The zero-order valence-electron chi connectivity index (χ0n) is 12.1. The van der Waals surface area contributed by atoms with Crippen molar-refractivity contribution < 1.29 is 9.59 Å². The maximum Gasteiger partial charge on any atom is 0.237 e. The van der Waals surface area contributed by atoms with Gasteiger partial charge in [-0.25, -0.2) is 0 Å². The lowest BCUT2D eigenvalue weighted by Crippen LogP contribution is -2.32. The number of hydrogen-bond acceptors (Lipinski definition) is 2. The van der Waals surface area contributed by atoms with Crippen molar-refractivity contribution in [3.05, 3.63) is 29.8 Å². The Morgan fingerprint density at radius 2 is 1.85 bits per heavy atom. The maximum atomic E-state index is 11.8. The van der Waals surface area contributed by atoms with E-state index in [2.05, 4.69) is 24.5 Å². The number of halogens is 1. The van der Waals surface area contributed by atoms with E-state index in [1.165, 1.54) is 0 Å². The number of anilines is 1. The SMILES string of the molecule is CC(Cl)C(=O)NCCC(=O)Nc1ccccc1C(C)C. The number of alkyl halides is 1. The highest BCUT2D eigenvalue weighted by Gasteiger charge is 2.11. The van der Waals surface area contributed by atoms with Crippen LogP contribution in [0.1, 0.15) is 38.7 Å². The standard InChI is InChI=1S/C15H21ClN2O2/c1-10(2)12-6-4-5-7-13(12)18-14(19)8-9-17-15(20)11(3)16/h4-7,10-11H,8-9H2,1-3H3,(H,17,20)(H,18,19). The number of para-hydroxylation sites is 1. The molecule has 0 saturated heterocycles. The van der Waals surface area contributed by atoms with Crippen LogP contribution < -0.4 is 10.6 Å². The van der Waals surface area contributed by atoms with Crippen molar-refractivity contribution >= 4 is 29.1 Å². The third-order valence-corrected chi connectivity index (χ3v) is 3.07. The van der Waals surface area contributed by atoms with Crippen LogP contribution in [0.5, 0.6) is 0 Å². The maximum absolute atomic E-state index is 11.8. The van der Waals surface area contributed by atoms with E-state index in [0.29, 0.717) is 5.92 Å². The topological polar surface area (TPSA) is 58.2 Å². The second-order valence-corrected chi connectivity index (χ2v) is 5.60. The van der Waals surface area contributed by atoms with Gasteiger partial charge in [0.1, 0.15) is 5.38 Å². The summed E-state index contributed by atoms with van der Waals surface area (Å²) in [6.45, 7) is 6.03. The van der Waals surface area contributed by atoms with Gasteiger partial charge in [-0.3, -0.25) is 9.59 Å². The van der Waals surface area contributed by atoms with Gasteiger partial charge in [0, 0.05) is 18.7 Å². The first kappa shape index (κ1) is 16.5. The van der Waals surface area contributed by atoms with Crippen molar-refractivity contribution in [2.24, 2.45) is 0 Å². The average molecular weight is 297 g/mol. The van der Waals surface area contributed by atoms with E-state index in [-0.39, 0.29) is 24.8 Å². The summed E-state index contributed by atoms with van der Waals surface area (Å²) in [6.07, 6.45) is 0.224. The normalized spacial score (nSPS) is 12.1. The van der Waals surface area contributed by atoms with Crippen LogP contribution in [0.3, 0.4) is 0 Å². The number of carbonyl (C=O) groups excluding carboxylic acids is 2. The molecule has 1 aromatic rings. The predicted octanol–water partition coefficient (Wildman–Crippen LogP) is 2.88. The van der Waals surface area contributed by atoms with Crippen molar-refractivity contribution in [2.45, 2.75) is 38.5 Å². The van der Waals surface area contributed by atoms with Crippen molar-refractivity contribution in [2.75, 3.05) is 11.9 Å². The zero-order chi connectivity index (χ0) is 15.1. The van der Waals surface area contributed by atoms with Gasteiger partial charge in [0.15, 0.2) is 0 Å². The molecule has 2 amide bonds. The molecule has 1 aromatic carbocycles. The second kappa shape index (κ2) is 7.90. The summed E-state index contributed by atoms with van der Waals surface area (Å²) in [5, 5.41) is 4.89. The third-order valence-electron chi connectivity index (χ3n) is 2.87. The Kier molecular flexibility index (Phi) is 6.52. The van der Waals surface area contributed by atoms with Crippen molar-refractivity contribution in [1.29, 1.82) is 0 Å². The van der Waals surface area contributed by atoms with E-state index in [9.17, 15) is 9.59 Å². The Labute approximate surface area is 124 Å². The number of nitrogens with one attached hydrogen (secondary N) is 2. The lowest BCUT2D eigenvalue weighted by atomic mass is 10.0. The smallest absolute Gasteiger partial charge is 0.237 e. The first-order valence-corrected chi connectivity index (χ1v) is 7.16. The van der Waals surface area contributed by atoms with E-state index in [0.717, 1.165) is 11.3 Å². The van der Waals surface area contributed by atoms with Crippen LogP contribution in [0.2, 0.25) is 0 Å². The fourth-order valence-corrected chi connectivity index (χ4v) is 1.84. The van der Waals surface area contributed by atoms with Gasteiger partial charge in [0.25, 0.3) is 0 Å². The molecule has 0 bridgehead atoms. The fourth-order valence-electron chi connectivity index (χ4n) is 1.77. The average Bonchev–Trinajstić information content (AvgIpc) is 2.38. The minimum absolute atomic E-state index is 0.124. The summed E-state index contributed by atoms with van der Waals surface area (Å²) in [7, 11) is 0. The van der Waals surface area contributed by atoms with Crippen LogP contribution >= 0.6 is 11.6 Å². The summed E-state index contributed by atoms with van der Waals surface area (Å²) in [4.78, 5) is 23.1. The highest BCUT2D eigenvalue weighted by molar-refractivity contribution is 6.30. The monoisotopic (exact) mass is 296 g/mol. The van der Waals surface area contributed by atoms with Crippen molar-refractivity contribution in [3.63, 3.8) is 0 Å². The van der Waals surface area contributed by atoms with Crippen molar-refractivity contribution in [3.8, 4) is 0 Å². The van der Waals surface area contributed by atoms with Gasteiger partial charge in [-0.2, -0.15) is 0 Å². The molecule has 1 atom stereocenters. The third kappa shape index (κ3) is 5.21. The van der Waals surface area contributed by atoms with Gasteiger partial charge >= 0.3 is 0 Å². The molecule has 1 rings (SSSR count). The van der Waals surface area contributed by atoms with Crippen LogP contribution in [0.25, 0.3) is 0 Å². The molecule has 2 N–H and O–H groups in total. The van der Waals surface area contributed by atoms with E-state index in [4.69, 9.17) is 11.6 Å². The molecule has 0 saturated carbocycles. The highest BCUT2D eigenvalue weighted by Crippen LogP contribution is 2.23. The molecule has 0 aromatic heterocycles. The lowest BCUT2D eigenvalue weighted by molar-refractivity contribution is -0.120. The van der Waals surface area contributed by atoms with Crippen molar-refractivity contribution in [1.82, 2.24) is 5.32 Å². The van der Waals surface area contributed by atoms with E-state index < -0.39 is 5.38 Å². The Balaban J connectivity index is 2.49. The number of rotatable bonds is 6. The number of carbonyl (C=O) groups is 2. The number of benzene rings is 1. The van der Waals surface area contributed by atoms with Gasteiger partial charge in [0.2, 0.25) is 11.8 Å². The molecule has 0 spiro atoms. The quantitative estimate of drug-likeness (QED) is 0.793. The largest absolute Gasteiger partial charge is 0.354 e. The van der Waals surface area contributed by atoms with Gasteiger partial charge in [-0.1, -0.05) is 32.0 Å². The summed E-state index contributed by atoms with van der Waals surface area (Å²) >= 11 is 5.62. The molecule has 0 fully saturated rings. The Hall–Kier alpha value is -1.55. The molecule has 5 heteroatoms. The fraction of sp³-hybridized carbons (Fsp3) is 0.467. The molecule has 0 radical (unpaired) electrons. The highest BCUT2D eigenvalue weighted by atomic mass is 35.5. The van der Waals surface area contributed by atoms with E-state index in [1.54, 1.807) is 6.92 Å². The summed E-state index contributed by atoms with van der Waals surface area (Å²) in [5.41, 5.74) is 1.92. The molecule has 0 aliphatic carbocycles. The first-order valence-electron chi connectivity index (χ1n) is 6.72. The Morgan fingerprint density at radius 1 is 1.20 bits per heavy atom. The first-order chi connectivity index (χ1) is 9.41. The molecule has 110 valence electrons. The summed E-state index contributed by atoms with van der Waals surface area (Å²) < 4.78 is 0. The molecule has 0 heterocycles. The molecule has 0 aliphatic heterocycles. The van der Waals surface area contributed by atoms with Crippen LogP contribution in [0.15, 0.2) is 24.3 Å². The minimum Gasteiger partial charge on any atom is -0.354 e. The molecule has 20 heavy (non-hydrogen) atoms. The van der Waals surface area contributed by atoms with Gasteiger partial charge in [-0.05, 0) is 24.5 Å². The van der Waals surface area contributed by atoms with Crippen LogP contribution in [-0.4, -0.2) is 23.7 Å². The van der Waals surface area contributed by atoms with Gasteiger partial charge < -0.3 is 10.6 Å². The zero-order valence-corrected chi connectivity index (χ0v) is 12.8. The van der Waals surface area contributed by atoms with E-state index >= 15 is 0 Å². The van der Waals surface area contributed by atoms with Crippen LogP contribution in [0.4, 0.5) is 5.69 Å². The Morgan fingerprint density at radius 3 is 2.45 bits per heavy atom. The van der Waals surface area contributed by atoms with Gasteiger partial charge in [0.05, 0.1) is 0 Å². The molecular weight excluding hydrogens is 276 g/mol. The second-order valence-electron chi connectivity index (χ2n) is 4.95. The van der Waals surface area contributed by atoms with Crippen LogP contribution in [0, 0.1) is 0 Å². The summed E-state index contributed by atoms with van der Waals surface area (Å²) in [6, 6.07) is 7.72. The molecule has 4 nitrogen and oxygen atoms in total. The molecule has 0 aliphatic rings. The van der Waals surface area contributed by atoms with E-state index in [1.807, 2.05) is 24.3 Å². The number of hydrogen-bond donors (Lipinski definition) is 2. The van der Waals surface area contributed by atoms with Gasteiger partial charge in [-0.15, -0.1) is 11.6 Å². The summed E-state index contributed by atoms with van der Waals surface area (Å²) in [5.74, 6) is -0.0500. The molecular formula is C15H21ClN2O2. The predicted molar refractivity (Wildman–Crippen MR) is 82.1 cm³/mol. The Bertz CT molecular complexity index is 473.